The quantitative estimate of drug-likeness (QED) is 0.212. The summed E-state index contributed by atoms with van der Waals surface area (Å²) >= 11 is 0. The van der Waals surface area contributed by atoms with Crippen LogP contribution in [-0.4, -0.2) is 33.8 Å². The predicted molar refractivity (Wildman–Crippen MR) is 136 cm³/mol. The molecule has 0 bridgehead atoms. The Labute approximate surface area is 199 Å². The van der Waals surface area contributed by atoms with Crippen LogP contribution in [0, 0.1) is 11.8 Å². The van der Waals surface area contributed by atoms with Crippen LogP contribution in [-0.2, 0) is 9.63 Å². The molecule has 1 fully saturated rings. The van der Waals surface area contributed by atoms with Gasteiger partial charge in [-0.3, -0.25) is 9.63 Å². The van der Waals surface area contributed by atoms with Gasteiger partial charge in [0, 0.05) is 11.1 Å². The molecule has 1 aliphatic heterocycles. The zero-order valence-corrected chi connectivity index (χ0v) is 22.4. The molecule has 32 heavy (non-hydrogen) atoms. The van der Waals surface area contributed by atoms with Gasteiger partial charge in [0.15, 0.2) is 0 Å². The van der Waals surface area contributed by atoms with Crippen LogP contribution in [0.2, 0.25) is 0 Å². The molecule has 0 amide bonds. The number of aliphatic carboxylic acids is 1. The predicted octanol–water partition coefficient (Wildman–Crippen LogP) is 8.39. The maximum Gasteiger partial charge on any atom is 0.306 e. The lowest BCUT2D eigenvalue weighted by Gasteiger charge is -2.54. The summed E-state index contributed by atoms with van der Waals surface area (Å²) in [5, 5.41) is 12.2. The molecule has 4 heteroatoms. The minimum Gasteiger partial charge on any atom is -0.481 e. The maximum atomic E-state index is 12.2. The van der Waals surface area contributed by atoms with E-state index in [1.54, 1.807) is 0 Å². The average molecular weight is 454 g/mol. The summed E-state index contributed by atoms with van der Waals surface area (Å²) in [6.45, 7) is 13.9. The van der Waals surface area contributed by atoms with Crippen molar-refractivity contribution in [2.45, 2.75) is 155 Å². The molecule has 0 spiro atoms. The number of hydroxylamine groups is 2. The second-order valence-electron chi connectivity index (χ2n) is 11.5. The molecule has 0 saturated carbocycles. The van der Waals surface area contributed by atoms with Crippen molar-refractivity contribution in [2.24, 2.45) is 11.8 Å². The van der Waals surface area contributed by atoms with Crippen molar-refractivity contribution in [3.63, 3.8) is 0 Å². The second kappa shape index (κ2) is 15.3. The molecule has 0 radical (unpaired) electrons. The number of carboxylic acid groups (broad SMARTS) is 1. The van der Waals surface area contributed by atoms with E-state index in [4.69, 9.17) is 4.84 Å². The SMILES string of the molecule is CCCCCCCCCCCCCCC(C(=O)O)C1CC(C)(C)N(OCCC)C(C)(C)C1. The molecule has 0 aromatic rings. The van der Waals surface area contributed by atoms with Gasteiger partial charge in [-0.05, 0) is 59.3 Å². The van der Waals surface area contributed by atoms with E-state index in [-0.39, 0.29) is 22.9 Å². The third-order valence-electron chi connectivity index (χ3n) is 7.30. The van der Waals surface area contributed by atoms with Crippen LogP contribution >= 0.6 is 0 Å². The van der Waals surface area contributed by atoms with Crippen LogP contribution in [0.5, 0.6) is 0 Å². The van der Waals surface area contributed by atoms with Crippen LogP contribution in [0.1, 0.15) is 144 Å². The summed E-state index contributed by atoms with van der Waals surface area (Å²) in [5.74, 6) is -0.621. The van der Waals surface area contributed by atoms with Gasteiger partial charge >= 0.3 is 5.97 Å². The lowest BCUT2D eigenvalue weighted by molar-refractivity contribution is -0.290. The summed E-state index contributed by atoms with van der Waals surface area (Å²) in [7, 11) is 0. The normalized spacial score (nSPS) is 19.8. The Morgan fingerprint density at radius 2 is 1.25 bits per heavy atom. The fraction of sp³-hybridized carbons (Fsp3) is 0.964. The van der Waals surface area contributed by atoms with E-state index in [0.717, 1.165) is 38.7 Å². The Morgan fingerprint density at radius 3 is 1.66 bits per heavy atom. The first-order valence-electron chi connectivity index (χ1n) is 13.8. The van der Waals surface area contributed by atoms with Crippen molar-refractivity contribution in [2.75, 3.05) is 6.61 Å². The fourth-order valence-corrected chi connectivity index (χ4v) is 5.92. The Hall–Kier alpha value is -0.610. The summed E-state index contributed by atoms with van der Waals surface area (Å²) in [4.78, 5) is 18.3. The fourth-order valence-electron chi connectivity index (χ4n) is 5.92. The van der Waals surface area contributed by atoms with Gasteiger partial charge in [-0.25, -0.2) is 0 Å². The van der Waals surface area contributed by atoms with Gasteiger partial charge < -0.3 is 5.11 Å². The number of hydrogen-bond acceptors (Lipinski definition) is 3. The van der Waals surface area contributed by atoms with Crippen LogP contribution < -0.4 is 0 Å². The minimum atomic E-state index is -0.604. The van der Waals surface area contributed by atoms with Gasteiger partial charge in [0.1, 0.15) is 0 Å². The van der Waals surface area contributed by atoms with Crippen LogP contribution in [0.25, 0.3) is 0 Å². The number of carbonyl (C=O) groups is 1. The molecule has 1 heterocycles. The summed E-state index contributed by atoms with van der Waals surface area (Å²) in [6.07, 6.45) is 19.4. The Kier molecular flexibility index (Phi) is 14.1. The van der Waals surface area contributed by atoms with E-state index in [9.17, 15) is 9.90 Å². The number of nitrogens with zero attached hydrogens (tertiary/aromatic N) is 1. The molecule has 0 aliphatic carbocycles. The van der Waals surface area contributed by atoms with Gasteiger partial charge in [0.25, 0.3) is 0 Å². The highest BCUT2D eigenvalue weighted by Crippen LogP contribution is 2.45. The van der Waals surface area contributed by atoms with Gasteiger partial charge in [-0.1, -0.05) is 90.9 Å². The van der Waals surface area contributed by atoms with E-state index >= 15 is 0 Å². The van der Waals surface area contributed by atoms with E-state index < -0.39 is 5.97 Å². The van der Waals surface area contributed by atoms with E-state index in [2.05, 4.69) is 46.6 Å². The number of carboxylic acids is 1. The molecule has 1 saturated heterocycles. The Morgan fingerprint density at radius 1 is 0.812 bits per heavy atom. The van der Waals surface area contributed by atoms with Crippen molar-refractivity contribution in [3.05, 3.63) is 0 Å². The lowest BCUT2D eigenvalue weighted by Crippen LogP contribution is -2.61. The Bertz CT molecular complexity index is 485. The number of piperidine rings is 1. The molecule has 0 aromatic carbocycles. The van der Waals surface area contributed by atoms with Crippen LogP contribution in [0.4, 0.5) is 0 Å². The highest BCUT2D eigenvalue weighted by molar-refractivity contribution is 5.70. The molecular formula is C28H55NO3. The first kappa shape index (κ1) is 29.4. The van der Waals surface area contributed by atoms with E-state index in [0.29, 0.717) is 0 Å². The monoisotopic (exact) mass is 453 g/mol. The van der Waals surface area contributed by atoms with E-state index in [1.807, 2.05) is 0 Å². The summed E-state index contributed by atoms with van der Waals surface area (Å²) in [5.41, 5.74) is -0.294. The molecule has 1 unspecified atom stereocenters. The molecule has 1 N–H and O–H groups in total. The van der Waals surface area contributed by atoms with Gasteiger partial charge in [0.2, 0.25) is 0 Å². The molecule has 1 aliphatic rings. The van der Waals surface area contributed by atoms with E-state index in [1.165, 1.54) is 70.6 Å². The third kappa shape index (κ3) is 10.5. The maximum absolute atomic E-state index is 12.2. The molecule has 1 rings (SSSR count). The highest BCUT2D eigenvalue weighted by Gasteiger charge is 2.49. The smallest absolute Gasteiger partial charge is 0.306 e. The van der Waals surface area contributed by atoms with Crippen molar-refractivity contribution in [1.29, 1.82) is 0 Å². The third-order valence-corrected chi connectivity index (χ3v) is 7.30. The van der Waals surface area contributed by atoms with Crippen molar-refractivity contribution >= 4 is 5.97 Å². The largest absolute Gasteiger partial charge is 0.481 e. The van der Waals surface area contributed by atoms with Gasteiger partial charge in [-0.15, -0.1) is 0 Å². The van der Waals surface area contributed by atoms with Crippen molar-refractivity contribution in [3.8, 4) is 0 Å². The first-order valence-corrected chi connectivity index (χ1v) is 13.8. The first-order chi connectivity index (χ1) is 15.2. The van der Waals surface area contributed by atoms with Gasteiger partial charge in [0.05, 0.1) is 12.5 Å². The molecule has 1 atom stereocenters. The zero-order valence-electron chi connectivity index (χ0n) is 22.4. The summed E-state index contributed by atoms with van der Waals surface area (Å²) in [6, 6.07) is 0. The lowest BCUT2D eigenvalue weighted by atomic mass is 9.69. The molecule has 190 valence electrons. The number of hydrogen-bond donors (Lipinski definition) is 1. The number of rotatable bonds is 18. The highest BCUT2D eigenvalue weighted by atomic mass is 16.7. The van der Waals surface area contributed by atoms with Crippen molar-refractivity contribution < 1.29 is 14.7 Å². The Balaban J connectivity index is 2.36. The second-order valence-corrected chi connectivity index (χ2v) is 11.5. The van der Waals surface area contributed by atoms with Gasteiger partial charge in [-0.2, -0.15) is 5.06 Å². The minimum absolute atomic E-state index is 0.147. The summed E-state index contributed by atoms with van der Waals surface area (Å²) < 4.78 is 0. The number of unbranched alkanes of at least 4 members (excludes halogenated alkanes) is 11. The van der Waals surface area contributed by atoms with Crippen molar-refractivity contribution in [1.82, 2.24) is 5.06 Å². The standard InChI is InChI=1S/C28H55NO3/c1-7-9-10-11-12-13-14-15-16-17-18-19-20-25(26(30)31)24-22-27(3,4)29(32-21-8-2)28(5,6)23-24/h24-25H,7-23H2,1-6H3,(H,30,31). The molecule has 0 aromatic heterocycles. The topological polar surface area (TPSA) is 49.8 Å². The zero-order chi connectivity index (χ0) is 24.0. The average Bonchev–Trinajstić information content (AvgIpc) is 2.69. The van der Waals surface area contributed by atoms with Crippen LogP contribution in [0.15, 0.2) is 0 Å². The molecule has 4 nitrogen and oxygen atoms in total. The molecular weight excluding hydrogens is 398 g/mol. The van der Waals surface area contributed by atoms with Crippen LogP contribution in [0.3, 0.4) is 0 Å².